The van der Waals surface area contributed by atoms with Gasteiger partial charge in [-0.1, -0.05) is 12.1 Å². The molecular weight excluding hydrogens is 200 g/mol. The minimum atomic E-state index is -0.309. The maximum atomic E-state index is 11.8. The van der Waals surface area contributed by atoms with E-state index < -0.39 is 0 Å². The second-order valence-electron chi connectivity index (χ2n) is 4.81. The molecule has 3 aliphatic rings. The number of benzene rings is 1. The molecule has 1 aromatic carbocycles. The lowest BCUT2D eigenvalue weighted by Gasteiger charge is -2.18. The molecule has 0 spiro atoms. The Balaban J connectivity index is 2.16. The van der Waals surface area contributed by atoms with Crippen LogP contribution in [0.3, 0.4) is 0 Å². The Morgan fingerprint density at radius 3 is 2.88 bits per heavy atom. The Bertz CT molecular complexity index is 593. The molecular formula is C14H10O2. The fourth-order valence-corrected chi connectivity index (χ4v) is 3.35. The number of allylic oxidation sites excluding steroid dienone is 2. The van der Waals surface area contributed by atoms with Gasteiger partial charge in [0, 0.05) is 16.7 Å². The molecule has 2 heteroatoms. The molecule has 0 N–H and O–H groups in total. The first-order chi connectivity index (χ1) is 7.77. The van der Waals surface area contributed by atoms with Crippen molar-refractivity contribution in [2.75, 3.05) is 0 Å². The average Bonchev–Trinajstić information content (AvgIpc) is 2.82. The van der Waals surface area contributed by atoms with E-state index in [4.69, 9.17) is 0 Å². The van der Waals surface area contributed by atoms with Crippen LogP contribution in [0.5, 0.6) is 0 Å². The average molecular weight is 210 g/mol. The normalized spacial score (nSPS) is 24.8. The lowest BCUT2D eigenvalue weighted by Crippen LogP contribution is -2.06. The number of rotatable bonds is 0. The van der Waals surface area contributed by atoms with E-state index in [2.05, 4.69) is 0 Å². The number of aryl methyl sites for hydroxylation is 1. The summed E-state index contributed by atoms with van der Waals surface area (Å²) in [6.45, 7) is 0. The largest absolute Gasteiger partial charge is 0.285 e. The van der Waals surface area contributed by atoms with Crippen LogP contribution in [0.25, 0.3) is 5.57 Å². The van der Waals surface area contributed by atoms with Gasteiger partial charge in [0.25, 0.3) is 0 Å². The van der Waals surface area contributed by atoms with E-state index in [1.807, 2.05) is 18.2 Å². The highest BCUT2D eigenvalue weighted by atomic mass is 16.2. The van der Waals surface area contributed by atoms with Crippen LogP contribution in [-0.4, -0.2) is 11.6 Å². The van der Waals surface area contributed by atoms with Crippen molar-refractivity contribution in [2.24, 2.45) is 0 Å². The number of carbonyl (C=O) groups is 2. The summed E-state index contributed by atoms with van der Waals surface area (Å²) < 4.78 is 0. The van der Waals surface area contributed by atoms with Gasteiger partial charge in [0.05, 0.1) is 0 Å². The van der Waals surface area contributed by atoms with Gasteiger partial charge in [0.15, 0.2) is 0 Å². The summed E-state index contributed by atoms with van der Waals surface area (Å²) >= 11 is 0. The Morgan fingerprint density at radius 2 is 2.00 bits per heavy atom. The van der Waals surface area contributed by atoms with E-state index in [1.54, 1.807) is 0 Å². The van der Waals surface area contributed by atoms with Gasteiger partial charge in [0.2, 0.25) is 11.6 Å². The van der Waals surface area contributed by atoms with E-state index in [0.717, 1.165) is 24.8 Å². The standard InChI is InChI=1S/C14H10O2/c15-13-9-5-3-7-1-2-8-4-6-10(14(13)16)12(9)11(7)8/h3,5-6,8H,1-2,4H2. The monoisotopic (exact) mass is 210 g/mol. The number of hydrogen-bond acceptors (Lipinski definition) is 2. The molecule has 1 unspecified atom stereocenters. The van der Waals surface area contributed by atoms with Crippen LogP contribution < -0.4 is 0 Å². The molecule has 78 valence electrons. The molecule has 0 saturated heterocycles. The van der Waals surface area contributed by atoms with Crippen LogP contribution in [0.1, 0.15) is 45.8 Å². The number of ketones is 2. The van der Waals surface area contributed by atoms with Gasteiger partial charge >= 0.3 is 0 Å². The summed E-state index contributed by atoms with van der Waals surface area (Å²) in [5, 5.41) is 0. The highest BCUT2D eigenvalue weighted by Crippen LogP contribution is 2.48. The van der Waals surface area contributed by atoms with Gasteiger partial charge in [-0.3, -0.25) is 9.59 Å². The molecule has 1 atom stereocenters. The zero-order valence-electron chi connectivity index (χ0n) is 8.75. The molecule has 1 aromatic rings. The lowest BCUT2D eigenvalue weighted by molar-refractivity contribution is -0.109. The van der Waals surface area contributed by atoms with E-state index in [1.165, 1.54) is 11.1 Å². The first-order valence-electron chi connectivity index (χ1n) is 5.72. The summed E-state index contributed by atoms with van der Waals surface area (Å²) in [5.74, 6) is -0.0576. The van der Waals surface area contributed by atoms with Gasteiger partial charge in [-0.05, 0) is 42.4 Å². The molecule has 0 fully saturated rings. The predicted octanol–water partition coefficient (Wildman–Crippen LogP) is 2.27. The van der Waals surface area contributed by atoms with Crippen LogP contribution in [0.4, 0.5) is 0 Å². The van der Waals surface area contributed by atoms with Crippen LogP contribution in [-0.2, 0) is 11.2 Å². The third-order valence-electron chi connectivity index (χ3n) is 4.08. The topological polar surface area (TPSA) is 34.1 Å². The van der Waals surface area contributed by atoms with Crippen molar-refractivity contribution in [2.45, 2.75) is 25.2 Å². The fraction of sp³-hybridized carbons (Fsp3) is 0.286. The second-order valence-corrected chi connectivity index (χ2v) is 4.81. The van der Waals surface area contributed by atoms with Crippen LogP contribution in [0.2, 0.25) is 0 Å². The van der Waals surface area contributed by atoms with Gasteiger partial charge in [-0.2, -0.15) is 0 Å². The Kier molecular flexibility index (Phi) is 1.33. The van der Waals surface area contributed by atoms with Gasteiger partial charge in [-0.25, -0.2) is 0 Å². The molecule has 4 rings (SSSR count). The maximum Gasteiger partial charge on any atom is 0.234 e. The molecule has 0 amide bonds. The maximum absolute atomic E-state index is 11.8. The Labute approximate surface area is 93.0 Å². The summed E-state index contributed by atoms with van der Waals surface area (Å²) in [5.41, 5.74) is 4.93. The lowest BCUT2D eigenvalue weighted by atomic mass is 9.84. The van der Waals surface area contributed by atoms with Crippen molar-refractivity contribution in [3.63, 3.8) is 0 Å². The predicted molar refractivity (Wildman–Crippen MR) is 59.4 cm³/mol. The SMILES string of the molecule is O=C1C(=O)c2ccc3c4c2C1=CCC4CC3. The summed E-state index contributed by atoms with van der Waals surface area (Å²) in [4.78, 5) is 23.6. The minimum absolute atomic E-state index is 0.297. The quantitative estimate of drug-likeness (QED) is 0.615. The molecule has 2 nitrogen and oxygen atoms in total. The molecule has 0 saturated carbocycles. The number of Topliss-reactive ketones (excluding diaryl/α,β-unsaturated/α-hetero) is 2. The van der Waals surface area contributed by atoms with Crippen molar-refractivity contribution in [3.05, 3.63) is 40.5 Å². The van der Waals surface area contributed by atoms with Crippen molar-refractivity contribution in [1.29, 1.82) is 0 Å². The highest BCUT2D eigenvalue weighted by molar-refractivity contribution is 6.63. The minimum Gasteiger partial charge on any atom is -0.285 e. The van der Waals surface area contributed by atoms with Gasteiger partial charge in [-0.15, -0.1) is 0 Å². The van der Waals surface area contributed by atoms with Crippen LogP contribution >= 0.6 is 0 Å². The van der Waals surface area contributed by atoms with Crippen LogP contribution in [0.15, 0.2) is 18.2 Å². The number of carbonyl (C=O) groups excluding carboxylic acids is 2. The summed E-state index contributed by atoms with van der Waals surface area (Å²) in [6, 6.07) is 3.87. The van der Waals surface area contributed by atoms with Crippen molar-refractivity contribution < 1.29 is 9.59 Å². The molecule has 0 heterocycles. The molecule has 0 aliphatic heterocycles. The summed E-state index contributed by atoms with van der Waals surface area (Å²) in [6.07, 6.45) is 5.16. The first-order valence-corrected chi connectivity index (χ1v) is 5.72. The van der Waals surface area contributed by atoms with E-state index in [-0.39, 0.29) is 11.6 Å². The third-order valence-corrected chi connectivity index (χ3v) is 4.08. The first kappa shape index (κ1) is 8.45. The molecule has 16 heavy (non-hydrogen) atoms. The Morgan fingerprint density at radius 1 is 1.12 bits per heavy atom. The molecule has 3 aliphatic carbocycles. The zero-order valence-corrected chi connectivity index (χ0v) is 8.75. The van der Waals surface area contributed by atoms with Gasteiger partial charge < -0.3 is 0 Å². The Hall–Kier alpha value is -1.70. The number of hydrogen-bond donors (Lipinski definition) is 0. The van der Waals surface area contributed by atoms with Crippen molar-refractivity contribution in [1.82, 2.24) is 0 Å². The van der Waals surface area contributed by atoms with E-state index in [9.17, 15) is 9.59 Å². The molecule has 0 aromatic heterocycles. The van der Waals surface area contributed by atoms with Crippen molar-refractivity contribution >= 4 is 17.1 Å². The third kappa shape index (κ3) is 0.765. The smallest absolute Gasteiger partial charge is 0.234 e. The second kappa shape index (κ2) is 2.51. The molecule has 0 radical (unpaired) electrons. The van der Waals surface area contributed by atoms with E-state index in [0.29, 0.717) is 17.1 Å². The van der Waals surface area contributed by atoms with Crippen LogP contribution in [0, 0.1) is 0 Å². The fourth-order valence-electron chi connectivity index (χ4n) is 3.35. The van der Waals surface area contributed by atoms with Gasteiger partial charge in [0.1, 0.15) is 0 Å². The summed E-state index contributed by atoms with van der Waals surface area (Å²) in [7, 11) is 0. The highest BCUT2D eigenvalue weighted by Gasteiger charge is 2.41. The molecule has 0 bridgehead atoms. The van der Waals surface area contributed by atoms with Crippen molar-refractivity contribution in [3.8, 4) is 0 Å². The zero-order chi connectivity index (χ0) is 10.9. The van der Waals surface area contributed by atoms with E-state index >= 15 is 0 Å².